The topological polar surface area (TPSA) is 66.1 Å². The standard InChI is InChI=1S/C9H10ClN3O2/c10-3-6-4-13(5-6)9(15)7-1-2-8(14)12-11-7/h1-2,6H,3-5H2,(H,12,14). The normalized spacial score (nSPS) is 16.2. The van der Waals surface area contributed by atoms with Crippen LogP contribution >= 0.6 is 11.6 Å². The van der Waals surface area contributed by atoms with Crippen LogP contribution in [0.25, 0.3) is 0 Å². The Morgan fingerprint density at radius 1 is 1.60 bits per heavy atom. The van der Waals surface area contributed by atoms with Gasteiger partial charge in [0, 0.05) is 31.0 Å². The lowest BCUT2D eigenvalue weighted by molar-refractivity contribution is 0.0528. The number of nitrogens with one attached hydrogen (secondary N) is 1. The van der Waals surface area contributed by atoms with Crippen LogP contribution in [0.3, 0.4) is 0 Å². The highest BCUT2D eigenvalue weighted by Crippen LogP contribution is 2.18. The van der Waals surface area contributed by atoms with Crippen molar-refractivity contribution in [3.8, 4) is 0 Å². The van der Waals surface area contributed by atoms with Gasteiger partial charge in [0.15, 0.2) is 0 Å². The van der Waals surface area contributed by atoms with Gasteiger partial charge in [-0.1, -0.05) is 0 Å². The summed E-state index contributed by atoms with van der Waals surface area (Å²) in [6.07, 6.45) is 0. The second-order valence-electron chi connectivity index (χ2n) is 3.54. The predicted octanol–water partition coefficient (Wildman–Crippen LogP) is 0.0807. The van der Waals surface area contributed by atoms with Gasteiger partial charge in [-0.2, -0.15) is 5.10 Å². The molecule has 1 aliphatic heterocycles. The molecule has 1 aromatic heterocycles. The van der Waals surface area contributed by atoms with Gasteiger partial charge in [0.2, 0.25) is 0 Å². The van der Waals surface area contributed by atoms with Crippen molar-refractivity contribution in [1.29, 1.82) is 0 Å². The van der Waals surface area contributed by atoms with E-state index in [2.05, 4.69) is 10.2 Å². The second-order valence-corrected chi connectivity index (χ2v) is 3.85. The van der Waals surface area contributed by atoms with Crippen LogP contribution in [-0.4, -0.2) is 40.0 Å². The van der Waals surface area contributed by atoms with Gasteiger partial charge < -0.3 is 4.90 Å². The van der Waals surface area contributed by atoms with E-state index < -0.39 is 0 Å². The van der Waals surface area contributed by atoms with Gasteiger partial charge >= 0.3 is 0 Å². The van der Waals surface area contributed by atoms with Gasteiger partial charge in [0.1, 0.15) is 5.69 Å². The van der Waals surface area contributed by atoms with Gasteiger partial charge in [-0.15, -0.1) is 11.6 Å². The maximum atomic E-state index is 11.7. The van der Waals surface area contributed by atoms with Crippen molar-refractivity contribution in [2.75, 3.05) is 19.0 Å². The number of hydrogen-bond donors (Lipinski definition) is 1. The molecule has 0 unspecified atom stereocenters. The molecule has 0 radical (unpaired) electrons. The zero-order valence-electron chi connectivity index (χ0n) is 7.94. The van der Waals surface area contributed by atoms with Crippen LogP contribution in [0.4, 0.5) is 0 Å². The summed E-state index contributed by atoms with van der Waals surface area (Å²) in [4.78, 5) is 24.1. The first-order valence-electron chi connectivity index (χ1n) is 4.61. The van der Waals surface area contributed by atoms with E-state index in [4.69, 9.17) is 11.6 Å². The number of carbonyl (C=O) groups is 1. The van der Waals surface area contributed by atoms with E-state index in [0.29, 0.717) is 24.9 Å². The first-order chi connectivity index (χ1) is 7.20. The lowest BCUT2D eigenvalue weighted by Crippen LogP contribution is -2.51. The molecule has 0 bridgehead atoms. The van der Waals surface area contributed by atoms with Gasteiger partial charge in [-0.3, -0.25) is 9.59 Å². The molecule has 1 amide bonds. The summed E-state index contributed by atoms with van der Waals surface area (Å²) in [6.45, 7) is 1.34. The maximum absolute atomic E-state index is 11.7. The van der Waals surface area contributed by atoms with Gasteiger partial charge in [0.25, 0.3) is 11.5 Å². The van der Waals surface area contributed by atoms with E-state index in [-0.39, 0.29) is 17.2 Å². The number of halogens is 1. The molecule has 2 rings (SSSR count). The molecule has 2 heterocycles. The molecule has 0 spiro atoms. The van der Waals surface area contributed by atoms with Crippen LogP contribution in [-0.2, 0) is 0 Å². The highest BCUT2D eigenvalue weighted by Gasteiger charge is 2.30. The van der Waals surface area contributed by atoms with Crippen LogP contribution < -0.4 is 5.56 Å². The van der Waals surface area contributed by atoms with Gasteiger partial charge in [-0.25, -0.2) is 5.10 Å². The number of likely N-dealkylation sites (tertiary alicyclic amines) is 1. The van der Waals surface area contributed by atoms with Crippen LogP contribution in [0, 0.1) is 5.92 Å². The Hall–Kier alpha value is -1.36. The lowest BCUT2D eigenvalue weighted by atomic mass is 10.0. The number of amides is 1. The molecule has 0 aromatic carbocycles. The average molecular weight is 228 g/mol. The predicted molar refractivity (Wildman–Crippen MR) is 55.0 cm³/mol. The second kappa shape index (κ2) is 4.02. The van der Waals surface area contributed by atoms with Crippen molar-refractivity contribution in [2.45, 2.75) is 0 Å². The molecular weight excluding hydrogens is 218 g/mol. The summed E-state index contributed by atoms with van der Waals surface area (Å²) in [6, 6.07) is 2.72. The van der Waals surface area contributed by atoms with Gasteiger partial charge in [-0.05, 0) is 6.07 Å². The third-order valence-electron chi connectivity index (χ3n) is 2.36. The summed E-state index contributed by atoms with van der Waals surface area (Å²) in [5.74, 6) is 0.800. The molecule has 1 saturated heterocycles. The first kappa shape index (κ1) is 10.2. The Balaban J connectivity index is 2.03. The molecule has 1 aliphatic rings. The van der Waals surface area contributed by atoms with Crippen molar-refractivity contribution in [1.82, 2.24) is 15.1 Å². The quantitative estimate of drug-likeness (QED) is 0.728. The number of H-pyrrole nitrogens is 1. The third-order valence-corrected chi connectivity index (χ3v) is 2.80. The van der Waals surface area contributed by atoms with Crippen molar-refractivity contribution < 1.29 is 4.79 Å². The van der Waals surface area contributed by atoms with Crippen molar-refractivity contribution in [3.05, 3.63) is 28.2 Å². The summed E-state index contributed by atoms with van der Waals surface area (Å²) in [5.41, 5.74) is -0.0450. The summed E-state index contributed by atoms with van der Waals surface area (Å²) < 4.78 is 0. The zero-order chi connectivity index (χ0) is 10.8. The largest absolute Gasteiger partial charge is 0.336 e. The van der Waals surface area contributed by atoms with Crippen LogP contribution in [0.2, 0.25) is 0 Å². The number of alkyl halides is 1. The molecule has 6 heteroatoms. The smallest absolute Gasteiger partial charge is 0.274 e. The number of nitrogens with zero attached hydrogens (tertiary/aromatic N) is 2. The molecule has 5 nitrogen and oxygen atoms in total. The van der Waals surface area contributed by atoms with E-state index in [9.17, 15) is 9.59 Å². The lowest BCUT2D eigenvalue weighted by Gasteiger charge is -2.37. The molecule has 15 heavy (non-hydrogen) atoms. The number of hydrogen-bond acceptors (Lipinski definition) is 3. The molecule has 1 aromatic rings. The highest BCUT2D eigenvalue weighted by atomic mass is 35.5. The molecule has 80 valence electrons. The van der Waals surface area contributed by atoms with Crippen LogP contribution in [0.5, 0.6) is 0 Å². The van der Waals surface area contributed by atoms with E-state index in [1.54, 1.807) is 4.90 Å². The Morgan fingerprint density at radius 2 is 2.33 bits per heavy atom. The first-order valence-corrected chi connectivity index (χ1v) is 5.15. The number of carbonyl (C=O) groups excluding carboxylic acids is 1. The molecular formula is C9H10ClN3O2. The monoisotopic (exact) mass is 227 g/mol. The highest BCUT2D eigenvalue weighted by molar-refractivity contribution is 6.18. The summed E-state index contributed by atoms with van der Waals surface area (Å²) in [5, 5.41) is 5.90. The third kappa shape index (κ3) is 2.02. The van der Waals surface area contributed by atoms with Crippen molar-refractivity contribution in [2.24, 2.45) is 5.92 Å². The van der Waals surface area contributed by atoms with E-state index >= 15 is 0 Å². The zero-order valence-corrected chi connectivity index (χ0v) is 8.70. The van der Waals surface area contributed by atoms with E-state index in [1.807, 2.05) is 0 Å². The van der Waals surface area contributed by atoms with Crippen molar-refractivity contribution >= 4 is 17.5 Å². The fourth-order valence-electron chi connectivity index (χ4n) is 1.46. The van der Waals surface area contributed by atoms with Crippen LogP contribution in [0.1, 0.15) is 10.5 Å². The summed E-state index contributed by atoms with van der Waals surface area (Å²) in [7, 11) is 0. The minimum absolute atomic E-state index is 0.160. The number of aromatic amines is 1. The molecule has 0 atom stereocenters. The number of aromatic nitrogens is 2. The van der Waals surface area contributed by atoms with Crippen molar-refractivity contribution in [3.63, 3.8) is 0 Å². The number of rotatable bonds is 2. The minimum Gasteiger partial charge on any atom is -0.336 e. The Kier molecular flexibility index (Phi) is 2.73. The van der Waals surface area contributed by atoms with Crippen LogP contribution in [0.15, 0.2) is 16.9 Å². The average Bonchev–Trinajstić information content (AvgIpc) is 2.17. The summed E-state index contributed by atoms with van der Waals surface area (Å²) >= 11 is 5.64. The molecule has 0 aliphatic carbocycles. The van der Waals surface area contributed by atoms with E-state index in [0.717, 1.165) is 0 Å². The Labute approximate surface area is 91.0 Å². The maximum Gasteiger partial charge on any atom is 0.274 e. The fourth-order valence-corrected chi connectivity index (χ4v) is 1.65. The fraction of sp³-hybridized carbons (Fsp3) is 0.444. The molecule has 1 fully saturated rings. The minimum atomic E-state index is -0.311. The molecule has 1 N–H and O–H groups in total. The molecule has 0 saturated carbocycles. The van der Waals surface area contributed by atoms with Gasteiger partial charge in [0.05, 0.1) is 0 Å². The Bertz CT molecular complexity index is 405. The van der Waals surface area contributed by atoms with E-state index in [1.165, 1.54) is 12.1 Å². The SMILES string of the molecule is O=C(c1ccc(=O)[nH]n1)N1CC(CCl)C1. The Morgan fingerprint density at radius 3 is 2.87 bits per heavy atom.